The lowest BCUT2D eigenvalue weighted by molar-refractivity contribution is 0.588. The number of nitrogens with zero attached hydrogens (tertiary/aromatic N) is 1. The van der Waals surface area contributed by atoms with Crippen LogP contribution in [-0.4, -0.2) is 11.4 Å². The van der Waals surface area contributed by atoms with E-state index in [4.69, 9.17) is 0 Å². The first kappa shape index (κ1) is 10.5. The predicted octanol–water partition coefficient (Wildman–Crippen LogP) is 3.32. The van der Waals surface area contributed by atoms with Crippen LogP contribution in [-0.2, 0) is 0 Å². The zero-order valence-corrected chi connectivity index (χ0v) is 8.91. The molecule has 0 aliphatic carbocycles. The fourth-order valence-corrected chi connectivity index (χ4v) is 0.865. The largest absolute Gasteiger partial charge is 0.229 e. The molecule has 0 aliphatic rings. The summed E-state index contributed by atoms with van der Waals surface area (Å²) in [5.74, 6) is 2.79. The van der Waals surface area contributed by atoms with E-state index < -0.39 is 0 Å². The van der Waals surface area contributed by atoms with Gasteiger partial charge in [-0.05, 0) is 38.1 Å². The van der Waals surface area contributed by atoms with Crippen molar-refractivity contribution in [3.05, 3.63) is 41.6 Å². The van der Waals surface area contributed by atoms with Crippen LogP contribution in [0.4, 0.5) is 0 Å². The van der Waals surface area contributed by atoms with Gasteiger partial charge in [-0.3, -0.25) is 0 Å². The average Bonchev–Trinajstić information content (AvgIpc) is 2.13. The van der Waals surface area contributed by atoms with Crippen molar-refractivity contribution in [3.8, 4) is 0 Å². The highest BCUT2D eigenvalue weighted by Gasteiger charge is 2.03. The third kappa shape index (κ3) is 4.47. The monoisotopic (exact) mass is 185 g/mol. The third-order valence-electron chi connectivity index (χ3n) is 1.49. The first-order chi connectivity index (χ1) is 6.58. The van der Waals surface area contributed by atoms with Crippen LogP contribution in [0.25, 0.3) is 6.08 Å². The van der Waals surface area contributed by atoms with Crippen LogP contribution in [0.5, 0.6) is 0 Å². The summed E-state index contributed by atoms with van der Waals surface area (Å²) < 4.78 is 0. The molecule has 1 heteroatoms. The normalized spacial score (nSPS) is 9.93. The molecule has 0 spiro atoms. The Balaban J connectivity index is 2.79. The first-order valence-electron chi connectivity index (χ1n) is 4.69. The summed E-state index contributed by atoms with van der Waals surface area (Å²) in [5.41, 5.74) is 3.96. The molecular formula is C13H15N. The lowest BCUT2D eigenvalue weighted by Crippen LogP contribution is -2.07. The summed E-state index contributed by atoms with van der Waals surface area (Å²) >= 11 is 0. The van der Waals surface area contributed by atoms with Gasteiger partial charge in [-0.15, -0.1) is 0 Å². The highest BCUT2D eigenvalue weighted by atomic mass is 14.8. The molecule has 0 bridgehead atoms. The Morgan fingerprint density at radius 2 is 1.79 bits per heavy atom. The van der Waals surface area contributed by atoms with Crippen LogP contribution in [0.3, 0.4) is 0 Å². The molecule has 1 aromatic carbocycles. The van der Waals surface area contributed by atoms with Gasteiger partial charge in [0.2, 0.25) is 0 Å². The molecule has 72 valence electrons. The van der Waals surface area contributed by atoms with Gasteiger partial charge in [-0.2, -0.15) is 0 Å². The van der Waals surface area contributed by atoms with Crippen molar-refractivity contribution in [1.82, 2.24) is 0 Å². The molecule has 0 heterocycles. The Morgan fingerprint density at radius 1 is 1.14 bits per heavy atom. The van der Waals surface area contributed by atoms with Crippen LogP contribution < -0.4 is 0 Å². The average molecular weight is 185 g/mol. The van der Waals surface area contributed by atoms with E-state index in [0.717, 1.165) is 5.56 Å². The van der Waals surface area contributed by atoms with Crippen molar-refractivity contribution in [3.63, 3.8) is 0 Å². The van der Waals surface area contributed by atoms with Gasteiger partial charge in [0.15, 0.2) is 0 Å². The molecule has 0 fully saturated rings. The maximum Gasteiger partial charge on any atom is 0.0624 e. The van der Waals surface area contributed by atoms with E-state index in [1.54, 1.807) is 0 Å². The minimum absolute atomic E-state index is 0.0719. The lowest BCUT2D eigenvalue weighted by Gasteiger charge is -2.06. The quantitative estimate of drug-likeness (QED) is 0.470. The van der Waals surface area contributed by atoms with Gasteiger partial charge < -0.3 is 0 Å². The van der Waals surface area contributed by atoms with E-state index >= 15 is 0 Å². The molecular weight excluding hydrogens is 170 g/mol. The van der Waals surface area contributed by atoms with Gasteiger partial charge in [0.05, 0.1) is 5.54 Å². The molecule has 1 nitrogen and oxygen atoms in total. The summed E-state index contributed by atoms with van der Waals surface area (Å²) in [6, 6.07) is 10.0. The third-order valence-corrected chi connectivity index (χ3v) is 1.49. The van der Waals surface area contributed by atoms with E-state index in [-0.39, 0.29) is 5.54 Å². The topological polar surface area (TPSA) is 12.4 Å². The maximum atomic E-state index is 4.18. The second kappa shape index (κ2) is 4.62. The molecule has 1 rings (SSSR count). The fourth-order valence-electron chi connectivity index (χ4n) is 0.865. The zero-order chi connectivity index (χ0) is 10.4. The second-order valence-electron chi connectivity index (χ2n) is 4.09. The summed E-state index contributed by atoms with van der Waals surface area (Å²) in [5, 5.41) is 0. The van der Waals surface area contributed by atoms with Crippen molar-refractivity contribution in [2.24, 2.45) is 4.99 Å². The molecule has 0 N–H and O–H groups in total. The van der Waals surface area contributed by atoms with Gasteiger partial charge in [-0.1, -0.05) is 30.3 Å². The van der Waals surface area contributed by atoms with Crippen molar-refractivity contribution in [2.75, 3.05) is 0 Å². The summed E-state index contributed by atoms with van der Waals surface area (Å²) in [6.45, 7) is 6.10. The summed E-state index contributed by atoms with van der Waals surface area (Å²) in [6.07, 6.45) is 1.87. The molecule has 0 saturated heterocycles. The molecule has 0 radical (unpaired) electrons. The highest BCUT2D eigenvalue weighted by molar-refractivity contribution is 5.61. The van der Waals surface area contributed by atoms with Crippen LogP contribution in [0.1, 0.15) is 26.3 Å². The Morgan fingerprint density at radius 3 is 2.36 bits per heavy atom. The van der Waals surface area contributed by atoms with Crippen LogP contribution in [0.2, 0.25) is 0 Å². The first-order valence-corrected chi connectivity index (χ1v) is 4.69. The second-order valence-corrected chi connectivity index (χ2v) is 4.09. The van der Waals surface area contributed by atoms with E-state index in [0.29, 0.717) is 0 Å². The lowest BCUT2D eigenvalue weighted by atomic mass is 10.1. The highest BCUT2D eigenvalue weighted by Crippen LogP contribution is 2.03. The van der Waals surface area contributed by atoms with Gasteiger partial charge in [0.1, 0.15) is 0 Å². The van der Waals surface area contributed by atoms with Crippen molar-refractivity contribution >= 4 is 11.9 Å². The molecule has 0 aromatic heterocycles. The van der Waals surface area contributed by atoms with E-state index in [9.17, 15) is 0 Å². The van der Waals surface area contributed by atoms with E-state index in [1.807, 2.05) is 57.2 Å². The summed E-state index contributed by atoms with van der Waals surface area (Å²) in [4.78, 5) is 4.18. The Kier molecular flexibility index (Phi) is 3.48. The van der Waals surface area contributed by atoms with Crippen LogP contribution >= 0.6 is 0 Å². The zero-order valence-electron chi connectivity index (χ0n) is 8.91. The van der Waals surface area contributed by atoms with Crippen molar-refractivity contribution in [1.29, 1.82) is 0 Å². The molecule has 0 saturated carbocycles. The number of hydrogen-bond acceptors (Lipinski definition) is 1. The number of benzene rings is 1. The van der Waals surface area contributed by atoms with Crippen LogP contribution in [0.15, 0.2) is 41.1 Å². The Hall–Kier alpha value is -1.55. The van der Waals surface area contributed by atoms with E-state index in [2.05, 4.69) is 16.6 Å². The minimum Gasteiger partial charge on any atom is -0.229 e. The van der Waals surface area contributed by atoms with Gasteiger partial charge >= 0.3 is 0 Å². The van der Waals surface area contributed by atoms with Crippen LogP contribution in [0, 0.1) is 0 Å². The Bertz CT molecular complexity index is 369. The predicted molar refractivity (Wildman–Crippen MR) is 61.6 cm³/mol. The summed E-state index contributed by atoms with van der Waals surface area (Å²) in [7, 11) is 0. The number of hydrogen-bond donors (Lipinski definition) is 0. The van der Waals surface area contributed by atoms with Crippen molar-refractivity contribution in [2.45, 2.75) is 26.3 Å². The SMILES string of the molecule is CC(C)(C)N=C=C=Cc1ccccc1. The minimum atomic E-state index is -0.0719. The molecule has 1 aromatic rings. The standard InChI is InChI=1S/C13H15N/c1-13(2,3)14-11-7-10-12-8-5-4-6-9-12/h4-6,8-10H,1-3H3. The maximum absolute atomic E-state index is 4.18. The molecule has 0 aliphatic heterocycles. The molecule has 14 heavy (non-hydrogen) atoms. The van der Waals surface area contributed by atoms with Gasteiger partial charge in [0, 0.05) is 5.87 Å². The smallest absolute Gasteiger partial charge is 0.0624 e. The fraction of sp³-hybridized carbons (Fsp3) is 0.308. The number of rotatable bonds is 1. The molecule has 0 amide bonds. The van der Waals surface area contributed by atoms with E-state index in [1.165, 1.54) is 0 Å². The Labute approximate surface area is 85.5 Å². The van der Waals surface area contributed by atoms with Gasteiger partial charge in [0.25, 0.3) is 0 Å². The molecule has 0 atom stereocenters. The molecule has 0 unspecified atom stereocenters. The van der Waals surface area contributed by atoms with Crippen molar-refractivity contribution < 1.29 is 0 Å². The van der Waals surface area contributed by atoms with Gasteiger partial charge in [-0.25, -0.2) is 4.99 Å². The number of aliphatic imine (C=N–C) groups is 1.